The van der Waals surface area contributed by atoms with Crippen molar-refractivity contribution in [1.82, 2.24) is 9.97 Å². The fourth-order valence-corrected chi connectivity index (χ4v) is 3.47. The van der Waals surface area contributed by atoms with Gasteiger partial charge in [0.2, 0.25) is 11.9 Å². The van der Waals surface area contributed by atoms with Gasteiger partial charge in [-0.25, -0.2) is 14.4 Å². The molecule has 0 radical (unpaired) electrons. The Morgan fingerprint density at radius 2 is 1.41 bits per heavy atom. The molecular formula is C28H20F4N6O3. The van der Waals surface area contributed by atoms with E-state index in [0.29, 0.717) is 17.4 Å². The van der Waals surface area contributed by atoms with E-state index in [4.69, 9.17) is 0 Å². The summed E-state index contributed by atoms with van der Waals surface area (Å²) in [6.45, 7) is 3.39. The van der Waals surface area contributed by atoms with Crippen molar-refractivity contribution in [1.29, 1.82) is 0 Å². The Morgan fingerprint density at radius 3 is 2.12 bits per heavy atom. The van der Waals surface area contributed by atoms with Crippen LogP contribution in [0.15, 0.2) is 91.8 Å². The number of aromatic nitrogens is 2. The maximum absolute atomic E-state index is 14.4. The highest BCUT2D eigenvalue weighted by Gasteiger charge is 2.31. The van der Waals surface area contributed by atoms with E-state index in [1.807, 2.05) is 0 Å². The number of hydrogen-bond acceptors (Lipinski definition) is 6. The molecule has 0 bridgehead atoms. The van der Waals surface area contributed by atoms with E-state index in [-0.39, 0.29) is 28.8 Å². The van der Waals surface area contributed by atoms with Crippen molar-refractivity contribution < 1.29 is 31.9 Å². The fourth-order valence-electron chi connectivity index (χ4n) is 3.47. The molecule has 0 unspecified atom stereocenters. The van der Waals surface area contributed by atoms with Crippen LogP contribution in [0.2, 0.25) is 0 Å². The van der Waals surface area contributed by atoms with E-state index in [1.54, 1.807) is 24.3 Å². The molecule has 3 aromatic carbocycles. The average Bonchev–Trinajstić information content (AvgIpc) is 2.94. The normalized spacial score (nSPS) is 10.8. The highest BCUT2D eigenvalue weighted by atomic mass is 19.4. The minimum atomic E-state index is -4.63. The minimum absolute atomic E-state index is 0.0127. The van der Waals surface area contributed by atoms with Gasteiger partial charge < -0.3 is 21.3 Å². The highest BCUT2D eigenvalue weighted by molar-refractivity contribution is 6.07. The van der Waals surface area contributed by atoms with Crippen molar-refractivity contribution in [3.8, 4) is 0 Å². The molecule has 4 N–H and O–H groups in total. The summed E-state index contributed by atoms with van der Waals surface area (Å²) >= 11 is 0. The van der Waals surface area contributed by atoms with Crippen LogP contribution in [-0.2, 0) is 11.0 Å². The first kappa shape index (κ1) is 28.4. The van der Waals surface area contributed by atoms with E-state index >= 15 is 0 Å². The lowest BCUT2D eigenvalue weighted by molar-refractivity contribution is -0.137. The van der Waals surface area contributed by atoms with Crippen molar-refractivity contribution in [2.75, 3.05) is 21.3 Å². The van der Waals surface area contributed by atoms with E-state index < -0.39 is 34.9 Å². The maximum atomic E-state index is 14.4. The highest BCUT2D eigenvalue weighted by Crippen LogP contribution is 2.30. The second-order valence-electron chi connectivity index (χ2n) is 8.38. The molecule has 3 amide bonds. The summed E-state index contributed by atoms with van der Waals surface area (Å²) in [7, 11) is 0. The second kappa shape index (κ2) is 12.1. The Hall–Kier alpha value is -5.59. The van der Waals surface area contributed by atoms with Crippen LogP contribution in [0.4, 0.5) is 46.3 Å². The lowest BCUT2D eigenvalue weighted by atomic mass is 10.1. The molecule has 41 heavy (non-hydrogen) atoms. The van der Waals surface area contributed by atoms with Crippen molar-refractivity contribution in [3.63, 3.8) is 0 Å². The number of carbonyl (C=O) groups excluding carboxylic acids is 3. The lowest BCUT2D eigenvalue weighted by Crippen LogP contribution is -2.17. The summed E-state index contributed by atoms with van der Waals surface area (Å²) in [6, 6.07) is 13.7. The number of hydrogen-bond donors (Lipinski definition) is 4. The minimum Gasteiger partial charge on any atom is -0.324 e. The third-order valence-electron chi connectivity index (χ3n) is 5.40. The van der Waals surface area contributed by atoms with Crippen LogP contribution in [0.25, 0.3) is 0 Å². The van der Waals surface area contributed by atoms with Crippen molar-refractivity contribution in [2.24, 2.45) is 0 Å². The number of nitrogens with zero attached hydrogens (tertiary/aromatic N) is 2. The first-order valence-corrected chi connectivity index (χ1v) is 11.7. The molecule has 1 heterocycles. The largest absolute Gasteiger partial charge is 0.416 e. The van der Waals surface area contributed by atoms with E-state index in [0.717, 1.165) is 30.3 Å². The van der Waals surface area contributed by atoms with E-state index in [1.165, 1.54) is 24.5 Å². The van der Waals surface area contributed by atoms with Crippen LogP contribution in [0.1, 0.15) is 26.3 Å². The monoisotopic (exact) mass is 564 g/mol. The quantitative estimate of drug-likeness (QED) is 0.154. The average molecular weight is 564 g/mol. The van der Waals surface area contributed by atoms with Gasteiger partial charge in [0.25, 0.3) is 11.8 Å². The SMILES string of the molecule is C=CC(=O)Nc1cccc(Nc2ncc(NC(=O)c3cc(NC(=O)c4cccc(C(F)(F)F)c4)ccc3F)cn2)c1. The Bertz CT molecular complexity index is 1620. The summed E-state index contributed by atoms with van der Waals surface area (Å²) in [5, 5.41) is 10.3. The number of carbonyl (C=O) groups is 3. The van der Waals surface area contributed by atoms with E-state index in [2.05, 4.69) is 37.8 Å². The molecule has 4 aromatic rings. The molecular weight excluding hydrogens is 544 g/mol. The van der Waals surface area contributed by atoms with Crippen molar-refractivity contribution in [3.05, 3.63) is 114 Å². The zero-order valence-electron chi connectivity index (χ0n) is 20.9. The van der Waals surface area contributed by atoms with Gasteiger partial charge in [-0.05, 0) is 60.7 Å². The Balaban J connectivity index is 1.41. The Labute approximate surface area is 230 Å². The third kappa shape index (κ3) is 7.50. The van der Waals surface area contributed by atoms with Crippen LogP contribution in [0, 0.1) is 5.82 Å². The van der Waals surface area contributed by atoms with Gasteiger partial charge in [0.1, 0.15) is 5.82 Å². The predicted octanol–water partition coefficient (Wildman–Crippen LogP) is 6.01. The number of nitrogens with one attached hydrogen (secondary N) is 4. The molecule has 0 aliphatic carbocycles. The second-order valence-corrected chi connectivity index (χ2v) is 8.38. The zero-order valence-corrected chi connectivity index (χ0v) is 20.9. The number of anilines is 5. The standard InChI is InChI=1S/C28H20F4N6O3/c1-2-24(39)35-18-7-4-8-19(12-18)38-27-33-14-21(15-34-27)37-26(41)22-13-20(9-10-23(22)29)36-25(40)16-5-3-6-17(11-16)28(30,31)32/h2-15H,1H2,(H,35,39)(H,36,40)(H,37,41)(H,33,34,38). The molecule has 13 heteroatoms. The molecule has 1 aromatic heterocycles. The summed E-state index contributed by atoms with van der Waals surface area (Å²) in [5.74, 6) is -2.87. The number of amides is 3. The first-order valence-electron chi connectivity index (χ1n) is 11.7. The maximum Gasteiger partial charge on any atom is 0.416 e. The Morgan fingerprint density at radius 1 is 0.756 bits per heavy atom. The summed E-state index contributed by atoms with van der Waals surface area (Å²) < 4.78 is 53.3. The lowest BCUT2D eigenvalue weighted by Gasteiger charge is -2.11. The molecule has 0 fully saturated rings. The van der Waals surface area contributed by atoms with E-state index in [9.17, 15) is 31.9 Å². The molecule has 9 nitrogen and oxygen atoms in total. The van der Waals surface area contributed by atoms with Crippen molar-refractivity contribution >= 4 is 46.4 Å². The van der Waals surface area contributed by atoms with Gasteiger partial charge in [0.05, 0.1) is 29.2 Å². The molecule has 0 aliphatic rings. The molecule has 0 saturated heterocycles. The van der Waals surface area contributed by atoms with Crippen LogP contribution in [0.5, 0.6) is 0 Å². The number of benzene rings is 3. The molecule has 4 rings (SSSR count). The molecule has 0 aliphatic heterocycles. The van der Waals surface area contributed by atoms with Gasteiger partial charge in [0, 0.05) is 22.6 Å². The number of halogens is 4. The number of alkyl halides is 3. The van der Waals surface area contributed by atoms with Gasteiger partial charge in [0.15, 0.2) is 0 Å². The summed E-state index contributed by atoms with van der Waals surface area (Å²) in [5.41, 5.74) is -0.514. The zero-order chi connectivity index (χ0) is 29.6. The third-order valence-corrected chi connectivity index (χ3v) is 5.40. The van der Waals surface area contributed by atoms with Gasteiger partial charge in [-0.2, -0.15) is 13.2 Å². The van der Waals surface area contributed by atoms with Gasteiger partial charge >= 0.3 is 6.18 Å². The van der Waals surface area contributed by atoms with Crippen LogP contribution >= 0.6 is 0 Å². The van der Waals surface area contributed by atoms with Crippen LogP contribution < -0.4 is 21.3 Å². The molecule has 0 saturated carbocycles. The topological polar surface area (TPSA) is 125 Å². The summed E-state index contributed by atoms with van der Waals surface area (Å²) in [4.78, 5) is 44.9. The van der Waals surface area contributed by atoms with Gasteiger partial charge in [-0.3, -0.25) is 14.4 Å². The predicted molar refractivity (Wildman–Crippen MR) is 144 cm³/mol. The van der Waals surface area contributed by atoms with Crippen molar-refractivity contribution in [2.45, 2.75) is 6.18 Å². The smallest absolute Gasteiger partial charge is 0.324 e. The van der Waals surface area contributed by atoms with Crippen LogP contribution in [-0.4, -0.2) is 27.7 Å². The fraction of sp³-hybridized carbons (Fsp3) is 0.0357. The summed E-state index contributed by atoms with van der Waals surface area (Å²) in [6.07, 6.45) is -0.957. The van der Waals surface area contributed by atoms with Gasteiger partial charge in [-0.15, -0.1) is 0 Å². The molecule has 0 atom stereocenters. The first-order chi connectivity index (χ1) is 19.5. The molecule has 208 valence electrons. The molecule has 0 spiro atoms. The Kier molecular flexibility index (Phi) is 8.37. The van der Waals surface area contributed by atoms with Gasteiger partial charge in [-0.1, -0.05) is 18.7 Å². The van der Waals surface area contributed by atoms with Crippen LogP contribution in [0.3, 0.4) is 0 Å². The number of rotatable bonds is 8.